The highest BCUT2D eigenvalue weighted by Crippen LogP contribution is 2.23. The van der Waals surface area contributed by atoms with Crippen LogP contribution in [0.2, 0.25) is 0 Å². The van der Waals surface area contributed by atoms with Crippen molar-refractivity contribution in [1.29, 1.82) is 0 Å². The van der Waals surface area contributed by atoms with E-state index < -0.39 is 10.0 Å². The number of rotatable bonds is 6. The minimum atomic E-state index is -3.54. The van der Waals surface area contributed by atoms with Gasteiger partial charge in [0, 0.05) is 22.5 Å². The van der Waals surface area contributed by atoms with Crippen molar-refractivity contribution < 1.29 is 13.2 Å². The molecule has 2 N–H and O–H groups in total. The van der Waals surface area contributed by atoms with Gasteiger partial charge in [-0.1, -0.05) is 0 Å². The molecule has 0 spiro atoms. The van der Waals surface area contributed by atoms with E-state index in [1.165, 1.54) is 11.3 Å². The van der Waals surface area contributed by atoms with Crippen molar-refractivity contribution in [3.05, 3.63) is 40.6 Å². The first kappa shape index (κ1) is 14.8. The minimum absolute atomic E-state index is 0.281. The molecule has 1 aromatic carbocycles. The summed E-state index contributed by atoms with van der Waals surface area (Å²) in [5.74, 6) is 0.680. The van der Waals surface area contributed by atoms with E-state index >= 15 is 0 Å². The average Bonchev–Trinajstić information content (AvgIpc) is 2.89. The summed E-state index contributed by atoms with van der Waals surface area (Å²) in [6.07, 6.45) is 0. The van der Waals surface area contributed by atoms with Gasteiger partial charge in [0.2, 0.25) is 0 Å². The molecule has 1 heterocycles. The number of benzene rings is 1. The van der Waals surface area contributed by atoms with Gasteiger partial charge in [-0.05, 0) is 37.4 Å². The number of thiophene rings is 1. The highest BCUT2D eigenvalue weighted by Gasteiger charge is 2.16. The monoisotopic (exact) mass is 312 g/mol. The van der Waals surface area contributed by atoms with Gasteiger partial charge in [-0.15, -0.1) is 11.3 Å². The third-order valence-electron chi connectivity index (χ3n) is 2.63. The van der Waals surface area contributed by atoms with Crippen LogP contribution in [0.25, 0.3) is 0 Å². The summed E-state index contributed by atoms with van der Waals surface area (Å²) < 4.78 is 32.0. The van der Waals surface area contributed by atoms with Gasteiger partial charge in [0.25, 0.3) is 10.0 Å². The molecule has 2 rings (SSSR count). The number of sulfonamides is 1. The number of ether oxygens (including phenoxy) is 1. The molecular weight excluding hydrogens is 296 g/mol. The van der Waals surface area contributed by atoms with Gasteiger partial charge < -0.3 is 10.1 Å². The Kier molecular flexibility index (Phi) is 4.64. The zero-order chi connectivity index (χ0) is 14.6. The molecule has 0 aliphatic carbocycles. The molecule has 5 nitrogen and oxygen atoms in total. The lowest BCUT2D eigenvalue weighted by molar-refractivity contribution is 0.415. The topological polar surface area (TPSA) is 67.4 Å². The number of hydrogen-bond donors (Lipinski definition) is 2. The fraction of sp³-hybridized carbons (Fsp3) is 0.231. The SMILES string of the molecule is CNCc1cc(S(=O)(=O)Nc2ccc(OC)cc2)cs1. The van der Waals surface area contributed by atoms with E-state index in [-0.39, 0.29) is 4.90 Å². The Morgan fingerprint density at radius 1 is 1.25 bits per heavy atom. The van der Waals surface area contributed by atoms with Crippen LogP contribution in [0.1, 0.15) is 4.88 Å². The lowest BCUT2D eigenvalue weighted by atomic mass is 10.3. The summed E-state index contributed by atoms with van der Waals surface area (Å²) in [7, 11) is -0.152. The molecule has 0 unspecified atom stereocenters. The molecule has 1 aromatic heterocycles. The van der Waals surface area contributed by atoms with Crippen LogP contribution in [0.5, 0.6) is 5.75 Å². The molecule has 0 bridgehead atoms. The van der Waals surface area contributed by atoms with Crippen molar-refractivity contribution in [3.63, 3.8) is 0 Å². The summed E-state index contributed by atoms with van der Waals surface area (Å²) in [6.45, 7) is 0.655. The fourth-order valence-corrected chi connectivity index (χ4v) is 3.99. The Morgan fingerprint density at radius 2 is 1.95 bits per heavy atom. The molecule has 0 radical (unpaired) electrons. The molecule has 0 aliphatic rings. The van der Waals surface area contributed by atoms with Gasteiger partial charge in [0.15, 0.2) is 0 Å². The van der Waals surface area contributed by atoms with Gasteiger partial charge in [-0.25, -0.2) is 8.42 Å². The van der Waals surface area contributed by atoms with Crippen LogP contribution >= 0.6 is 11.3 Å². The van der Waals surface area contributed by atoms with Crippen LogP contribution in [0.3, 0.4) is 0 Å². The van der Waals surface area contributed by atoms with E-state index in [9.17, 15) is 8.42 Å². The van der Waals surface area contributed by atoms with Gasteiger partial charge in [0.1, 0.15) is 5.75 Å². The van der Waals surface area contributed by atoms with Crippen molar-refractivity contribution in [1.82, 2.24) is 5.32 Å². The van der Waals surface area contributed by atoms with Gasteiger partial charge in [-0.2, -0.15) is 0 Å². The molecule has 0 saturated carbocycles. The van der Waals surface area contributed by atoms with E-state index in [1.54, 1.807) is 42.8 Å². The molecule has 2 aromatic rings. The Balaban J connectivity index is 2.16. The van der Waals surface area contributed by atoms with E-state index in [2.05, 4.69) is 10.0 Å². The molecule has 0 amide bonds. The molecule has 108 valence electrons. The maximum Gasteiger partial charge on any atom is 0.262 e. The molecule has 0 aliphatic heterocycles. The quantitative estimate of drug-likeness (QED) is 0.859. The molecule has 20 heavy (non-hydrogen) atoms. The smallest absolute Gasteiger partial charge is 0.262 e. The summed E-state index contributed by atoms with van der Waals surface area (Å²) >= 11 is 1.42. The van der Waals surface area contributed by atoms with Crippen molar-refractivity contribution in [2.75, 3.05) is 18.9 Å². The molecule has 0 saturated heterocycles. The maximum atomic E-state index is 12.2. The van der Waals surface area contributed by atoms with Crippen molar-refractivity contribution in [2.24, 2.45) is 0 Å². The van der Waals surface area contributed by atoms with E-state index in [0.29, 0.717) is 18.0 Å². The van der Waals surface area contributed by atoms with Crippen LogP contribution in [0.15, 0.2) is 40.6 Å². The first-order chi connectivity index (χ1) is 9.55. The first-order valence-electron chi connectivity index (χ1n) is 5.94. The van der Waals surface area contributed by atoms with E-state index in [0.717, 1.165) is 4.88 Å². The zero-order valence-electron chi connectivity index (χ0n) is 11.2. The second kappa shape index (κ2) is 6.25. The Bertz CT molecular complexity index is 663. The maximum absolute atomic E-state index is 12.2. The van der Waals surface area contributed by atoms with Crippen LogP contribution in [-0.2, 0) is 16.6 Å². The number of anilines is 1. The van der Waals surface area contributed by atoms with Crippen molar-refractivity contribution in [3.8, 4) is 5.75 Å². The summed E-state index contributed by atoms with van der Waals surface area (Å²) in [5.41, 5.74) is 0.507. The van der Waals surface area contributed by atoms with Gasteiger partial charge >= 0.3 is 0 Å². The van der Waals surface area contributed by atoms with E-state index in [1.807, 2.05) is 7.05 Å². The number of hydrogen-bond acceptors (Lipinski definition) is 5. The largest absolute Gasteiger partial charge is 0.497 e. The predicted octanol–water partition coefficient (Wildman–Crippen LogP) is 2.28. The van der Waals surface area contributed by atoms with Crippen molar-refractivity contribution in [2.45, 2.75) is 11.4 Å². The second-order valence-electron chi connectivity index (χ2n) is 4.11. The standard InChI is InChI=1S/C13H16N2O3S2/c1-14-8-12-7-13(9-19-12)20(16,17)15-10-3-5-11(18-2)6-4-10/h3-7,9,14-15H,8H2,1-2H3. The van der Waals surface area contributed by atoms with E-state index in [4.69, 9.17) is 4.74 Å². The van der Waals surface area contributed by atoms with Crippen LogP contribution in [-0.4, -0.2) is 22.6 Å². The van der Waals surface area contributed by atoms with Gasteiger partial charge in [-0.3, -0.25) is 4.72 Å². The van der Waals surface area contributed by atoms with Crippen LogP contribution in [0, 0.1) is 0 Å². The lowest BCUT2D eigenvalue weighted by Gasteiger charge is -2.07. The Hall–Kier alpha value is -1.57. The summed E-state index contributed by atoms with van der Waals surface area (Å²) in [5, 5.41) is 4.63. The normalized spacial score (nSPS) is 11.3. The first-order valence-corrected chi connectivity index (χ1v) is 8.30. The lowest BCUT2D eigenvalue weighted by Crippen LogP contribution is -2.12. The van der Waals surface area contributed by atoms with Crippen molar-refractivity contribution >= 4 is 27.0 Å². The summed E-state index contributed by atoms with van der Waals surface area (Å²) in [6, 6.07) is 8.41. The Labute approximate surface area is 122 Å². The second-order valence-corrected chi connectivity index (χ2v) is 6.79. The number of nitrogens with one attached hydrogen (secondary N) is 2. The highest BCUT2D eigenvalue weighted by atomic mass is 32.2. The predicted molar refractivity (Wildman–Crippen MR) is 80.9 cm³/mol. The molecule has 7 heteroatoms. The Morgan fingerprint density at radius 3 is 2.55 bits per heavy atom. The number of methoxy groups -OCH3 is 1. The molecular formula is C13H16N2O3S2. The van der Waals surface area contributed by atoms with Crippen LogP contribution < -0.4 is 14.8 Å². The average molecular weight is 312 g/mol. The van der Waals surface area contributed by atoms with Gasteiger partial charge in [0.05, 0.1) is 12.0 Å². The fourth-order valence-electron chi connectivity index (χ4n) is 1.64. The third kappa shape index (κ3) is 3.50. The minimum Gasteiger partial charge on any atom is -0.497 e. The molecule has 0 atom stereocenters. The summed E-state index contributed by atoms with van der Waals surface area (Å²) in [4.78, 5) is 1.26. The third-order valence-corrected chi connectivity index (χ3v) is 5.08. The zero-order valence-corrected chi connectivity index (χ0v) is 12.8. The van der Waals surface area contributed by atoms with Crippen LogP contribution in [0.4, 0.5) is 5.69 Å². The molecule has 0 fully saturated rings. The highest BCUT2D eigenvalue weighted by molar-refractivity contribution is 7.92.